The fourth-order valence-electron chi connectivity index (χ4n) is 4.38. The van der Waals surface area contributed by atoms with Crippen molar-refractivity contribution in [2.75, 3.05) is 11.4 Å². The van der Waals surface area contributed by atoms with E-state index in [1.807, 2.05) is 17.5 Å². The van der Waals surface area contributed by atoms with E-state index in [1.54, 1.807) is 12.1 Å². The van der Waals surface area contributed by atoms with Gasteiger partial charge in [0, 0.05) is 25.0 Å². The second kappa shape index (κ2) is 7.37. The average molecular weight is 374 g/mol. The first kappa shape index (κ1) is 17.5. The Morgan fingerprint density at radius 3 is 2.62 bits per heavy atom. The van der Waals surface area contributed by atoms with Crippen molar-refractivity contribution >= 4 is 22.4 Å². The second-order valence-corrected chi connectivity index (χ2v) is 8.28. The molecule has 2 N–H and O–H groups in total. The maximum Gasteiger partial charge on any atom is 0.412 e. The van der Waals surface area contributed by atoms with Crippen LogP contribution in [0.15, 0.2) is 35.7 Å². The molecule has 0 radical (unpaired) electrons. The number of benzene rings is 1. The van der Waals surface area contributed by atoms with Gasteiger partial charge in [-0.05, 0) is 60.2 Å². The van der Waals surface area contributed by atoms with Crippen LogP contribution in [0.3, 0.4) is 0 Å². The highest BCUT2D eigenvalue weighted by Crippen LogP contribution is 2.35. The van der Waals surface area contributed by atoms with Crippen molar-refractivity contribution in [1.82, 2.24) is 5.32 Å². The summed E-state index contributed by atoms with van der Waals surface area (Å²) in [5.41, 5.74) is 1.47. The Bertz CT molecular complexity index is 782. The lowest BCUT2D eigenvalue weighted by Crippen LogP contribution is -2.43. The monoisotopic (exact) mass is 374 g/mol. The average Bonchev–Trinajstić information content (AvgIpc) is 3.20. The number of nitrogens with zero attached hydrogens (tertiary/aromatic N) is 1. The van der Waals surface area contributed by atoms with Gasteiger partial charge in [0.05, 0.1) is 0 Å². The number of anilines is 1. The quantitative estimate of drug-likeness (QED) is 0.811. The minimum atomic E-state index is -0.923. The normalized spacial score (nSPS) is 24.6. The smallest absolute Gasteiger partial charge is 0.412 e. The van der Waals surface area contributed by atoms with Crippen LogP contribution in [0.5, 0.6) is 0 Å². The Hall–Kier alpha value is -1.92. The van der Waals surface area contributed by atoms with Crippen LogP contribution in [0.25, 0.3) is 0 Å². The summed E-state index contributed by atoms with van der Waals surface area (Å²) in [5.74, 6) is 0.134. The molecule has 2 atom stereocenters. The molecule has 0 spiro atoms. The lowest BCUT2D eigenvalue weighted by atomic mass is 9.92. The molecule has 1 aromatic carbocycles. The highest BCUT2D eigenvalue weighted by Gasteiger charge is 2.35. The molecule has 4 nitrogen and oxygen atoms in total. The highest BCUT2D eigenvalue weighted by molar-refractivity contribution is 7.14. The highest BCUT2D eigenvalue weighted by atomic mass is 32.1. The molecule has 2 aliphatic rings. The van der Waals surface area contributed by atoms with Crippen molar-refractivity contribution in [2.24, 2.45) is 5.92 Å². The minimum absolute atomic E-state index is 0.249. The number of carbonyl (C=O) groups is 1. The van der Waals surface area contributed by atoms with Crippen LogP contribution in [0.4, 0.5) is 14.2 Å². The van der Waals surface area contributed by atoms with E-state index in [9.17, 15) is 14.3 Å². The molecule has 2 aromatic rings. The van der Waals surface area contributed by atoms with Crippen molar-refractivity contribution in [1.29, 1.82) is 0 Å². The zero-order chi connectivity index (χ0) is 18.1. The van der Waals surface area contributed by atoms with E-state index in [2.05, 4.69) is 5.32 Å². The summed E-state index contributed by atoms with van der Waals surface area (Å²) in [6.07, 6.45) is 3.96. The maximum absolute atomic E-state index is 14.0. The molecule has 0 saturated carbocycles. The van der Waals surface area contributed by atoms with Gasteiger partial charge in [-0.15, -0.1) is 11.3 Å². The van der Waals surface area contributed by atoms with Crippen LogP contribution in [0.1, 0.15) is 36.8 Å². The number of hydrogen-bond acceptors (Lipinski definition) is 3. The fourth-order valence-corrected chi connectivity index (χ4v) is 5.31. The van der Waals surface area contributed by atoms with E-state index >= 15 is 0 Å². The molecule has 1 amide bonds. The number of hydrogen-bond donors (Lipinski definition) is 2. The molecule has 2 saturated heterocycles. The number of nitrogens with one attached hydrogen (secondary N) is 1. The van der Waals surface area contributed by atoms with E-state index in [-0.39, 0.29) is 5.82 Å². The molecule has 26 heavy (non-hydrogen) atoms. The number of fused-ring (bicyclic) bond motifs is 2. The van der Waals surface area contributed by atoms with Crippen molar-refractivity contribution in [3.05, 3.63) is 52.7 Å². The molecule has 0 aliphatic carbocycles. The lowest BCUT2D eigenvalue weighted by Gasteiger charge is -2.32. The van der Waals surface area contributed by atoms with Gasteiger partial charge in [0.1, 0.15) is 10.8 Å². The predicted octanol–water partition coefficient (Wildman–Crippen LogP) is 4.49. The maximum atomic E-state index is 14.0. The zero-order valence-electron chi connectivity index (χ0n) is 14.5. The summed E-state index contributed by atoms with van der Waals surface area (Å²) < 4.78 is 14.0. The summed E-state index contributed by atoms with van der Waals surface area (Å²) in [6, 6.07) is 9.67. The molecular weight excluding hydrogens is 351 g/mol. The molecule has 4 rings (SSSR count). The Balaban J connectivity index is 1.53. The molecule has 6 heteroatoms. The SMILES string of the molecule is O=C(O)N(CC1CC2CCC(C1)N2)c1sccc1Cc1ccccc1F. The molecule has 2 bridgehead atoms. The summed E-state index contributed by atoms with van der Waals surface area (Å²) in [4.78, 5) is 13.4. The molecule has 2 unspecified atom stereocenters. The minimum Gasteiger partial charge on any atom is -0.465 e. The molecule has 2 fully saturated rings. The van der Waals surface area contributed by atoms with Gasteiger partial charge >= 0.3 is 6.09 Å². The number of halogens is 1. The Kier molecular flexibility index (Phi) is 4.96. The van der Waals surface area contributed by atoms with Gasteiger partial charge < -0.3 is 10.4 Å². The van der Waals surface area contributed by atoms with Crippen LogP contribution in [0, 0.1) is 11.7 Å². The van der Waals surface area contributed by atoms with Gasteiger partial charge in [-0.1, -0.05) is 18.2 Å². The molecule has 138 valence electrons. The van der Waals surface area contributed by atoms with E-state index in [0.29, 0.717) is 36.5 Å². The Morgan fingerprint density at radius 2 is 1.92 bits per heavy atom. The van der Waals surface area contributed by atoms with Crippen molar-refractivity contribution in [3.8, 4) is 0 Å². The first-order valence-corrected chi connectivity index (χ1v) is 10.0. The third-order valence-electron chi connectivity index (χ3n) is 5.55. The molecular formula is C20H23FN2O2S. The largest absolute Gasteiger partial charge is 0.465 e. The van der Waals surface area contributed by atoms with Crippen molar-refractivity contribution < 1.29 is 14.3 Å². The van der Waals surface area contributed by atoms with Crippen LogP contribution in [-0.4, -0.2) is 29.8 Å². The van der Waals surface area contributed by atoms with Gasteiger partial charge in [-0.2, -0.15) is 0 Å². The van der Waals surface area contributed by atoms with Crippen molar-refractivity contribution in [2.45, 2.75) is 44.2 Å². The number of carboxylic acid groups (broad SMARTS) is 1. The molecule has 1 aromatic heterocycles. The van der Waals surface area contributed by atoms with Gasteiger partial charge in [-0.3, -0.25) is 4.90 Å². The summed E-state index contributed by atoms with van der Waals surface area (Å²) in [5, 5.41) is 16.0. The number of rotatable bonds is 5. The van der Waals surface area contributed by atoms with E-state index < -0.39 is 6.09 Å². The first-order chi connectivity index (χ1) is 12.6. The number of amides is 1. The Morgan fingerprint density at radius 1 is 1.19 bits per heavy atom. The summed E-state index contributed by atoms with van der Waals surface area (Å²) in [6.45, 7) is 0.523. The van der Waals surface area contributed by atoms with Gasteiger partial charge in [-0.25, -0.2) is 9.18 Å². The van der Waals surface area contributed by atoms with E-state index in [1.165, 1.54) is 35.1 Å². The predicted molar refractivity (Wildman–Crippen MR) is 102 cm³/mol. The Labute approximate surface area is 156 Å². The van der Waals surface area contributed by atoms with E-state index in [0.717, 1.165) is 23.4 Å². The van der Waals surface area contributed by atoms with Crippen LogP contribution in [-0.2, 0) is 6.42 Å². The standard InChI is InChI=1S/C20H23FN2O2S/c21-18-4-2-1-3-14(18)11-15-7-8-26-19(15)23(20(24)25)12-13-9-16-5-6-17(10-13)22-16/h1-4,7-8,13,16-17,22H,5-6,9-12H2,(H,24,25). The fraction of sp³-hybridized carbons (Fsp3) is 0.450. The summed E-state index contributed by atoms with van der Waals surface area (Å²) >= 11 is 1.42. The topological polar surface area (TPSA) is 52.6 Å². The van der Waals surface area contributed by atoms with Gasteiger partial charge in [0.15, 0.2) is 0 Å². The zero-order valence-corrected chi connectivity index (χ0v) is 15.3. The third-order valence-corrected chi connectivity index (χ3v) is 6.53. The number of thiophene rings is 1. The number of piperidine rings is 1. The molecule has 2 aliphatic heterocycles. The molecule has 3 heterocycles. The van der Waals surface area contributed by atoms with Crippen LogP contribution >= 0.6 is 11.3 Å². The first-order valence-electron chi connectivity index (χ1n) is 9.16. The third kappa shape index (κ3) is 3.62. The van der Waals surface area contributed by atoms with E-state index in [4.69, 9.17) is 0 Å². The van der Waals surface area contributed by atoms with Gasteiger partial charge in [0.25, 0.3) is 0 Å². The van der Waals surface area contributed by atoms with Crippen LogP contribution < -0.4 is 10.2 Å². The lowest BCUT2D eigenvalue weighted by molar-refractivity contribution is 0.198. The van der Waals surface area contributed by atoms with Gasteiger partial charge in [0.2, 0.25) is 0 Å². The van der Waals surface area contributed by atoms with Crippen LogP contribution in [0.2, 0.25) is 0 Å². The second-order valence-electron chi connectivity index (χ2n) is 7.39. The summed E-state index contributed by atoms with van der Waals surface area (Å²) in [7, 11) is 0. The van der Waals surface area contributed by atoms with Crippen molar-refractivity contribution in [3.63, 3.8) is 0 Å².